The first-order chi connectivity index (χ1) is 13.8. The third-order valence-corrected chi connectivity index (χ3v) is 8.17. The molecular weight excluding hydrogens is 376 g/mol. The van der Waals surface area contributed by atoms with Gasteiger partial charge in [-0.3, -0.25) is 9.59 Å². The zero-order valence-corrected chi connectivity index (χ0v) is 16.9. The summed E-state index contributed by atoms with van der Waals surface area (Å²) in [6.07, 6.45) is 6.56. The van der Waals surface area contributed by atoms with Crippen LogP contribution in [0.4, 0.5) is 0 Å². The summed E-state index contributed by atoms with van der Waals surface area (Å²) in [6, 6.07) is 1.90. The van der Waals surface area contributed by atoms with Crippen LogP contribution in [0.5, 0.6) is 0 Å². The van der Waals surface area contributed by atoms with Crippen molar-refractivity contribution < 1.29 is 33.3 Å². The lowest BCUT2D eigenvalue weighted by molar-refractivity contribution is -0.296. The maximum atomic E-state index is 12.9. The molecule has 1 N–H and O–H groups in total. The van der Waals surface area contributed by atoms with Crippen LogP contribution >= 0.6 is 0 Å². The Morgan fingerprint density at radius 2 is 2.14 bits per heavy atom. The van der Waals surface area contributed by atoms with E-state index in [1.807, 2.05) is 13.0 Å². The number of carbonyl (C=O) groups excluding carboxylic acids is 2. The highest BCUT2D eigenvalue weighted by atomic mass is 16.6. The van der Waals surface area contributed by atoms with Crippen molar-refractivity contribution in [3.05, 3.63) is 24.2 Å². The van der Waals surface area contributed by atoms with Crippen molar-refractivity contribution in [3.8, 4) is 0 Å². The highest BCUT2D eigenvalue weighted by Gasteiger charge is 2.80. The first-order valence-electron chi connectivity index (χ1n) is 10.5. The molecule has 2 saturated heterocycles. The van der Waals surface area contributed by atoms with Gasteiger partial charge in [0.05, 0.1) is 24.5 Å². The number of aryl methyl sites for hydroxylation is 1. The normalized spacial score (nSPS) is 45.4. The number of ether oxygens (including phenoxy) is 3. The zero-order chi connectivity index (χ0) is 20.5. The van der Waals surface area contributed by atoms with E-state index in [1.165, 1.54) is 6.92 Å². The van der Waals surface area contributed by atoms with Crippen molar-refractivity contribution >= 4 is 11.9 Å². The third kappa shape index (κ3) is 2.43. The fraction of sp³-hybridized carbons (Fsp3) is 0.727. The third-order valence-electron chi connectivity index (χ3n) is 8.17. The lowest BCUT2D eigenvalue weighted by Gasteiger charge is -2.66. The molecule has 7 heteroatoms. The van der Waals surface area contributed by atoms with Crippen LogP contribution < -0.4 is 0 Å². The zero-order valence-electron chi connectivity index (χ0n) is 16.9. The van der Waals surface area contributed by atoms with E-state index >= 15 is 0 Å². The number of carbonyl (C=O) groups is 2. The summed E-state index contributed by atoms with van der Waals surface area (Å²) in [7, 11) is 0. The number of cyclic esters (lactones) is 1. The van der Waals surface area contributed by atoms with Crippen molar-refractivity contribution in [1.82, 2.24) is 0 Å². The van der Waals surface area contributed by atoms with Gasteiger partial charge in [-0.2, -0.15) is 0 Å². The molecule has 5 rings (SSSR count). The second-order valence-corrected chi connectivity index (χ2v) is 9.61. The standard InChI is InChI=1S/C22H28O7/c1-14(23)29-16-10-21(13-28-21)22(25,8-4-15-5-9-26-11-15)20-7-3-6-19(2,17(16)20)18(24)27-12-20/h5,9,11,16-17,25H,3-4,6-8,10,12-13H2,1-2H3/t16-,17+,19+,20-,21-,22+/m1/s1. The molecule has 0 radical (unpaired) electrons. The molecule has 2 saturated carbocycles. The molecule has 0 unspecified atom stereocenters. The smallest absolute Gasteiger partial charge is 0.312 e. The number of aliphatic hydroxyl groups is 1. The molecular formula is C22H28O7. The highest BCUT2D eigenvalue weighted by Crippen LogP contribution is 2.70. The van der Waals surface area contributed by atoms with Gasteiger partial charge in [0, 0.05) is 24.7 Å². The number of furan rings is 1. The lowest BCUT2D eigenvalue weighted by atomic mass is 9.41. The molecule has 2 aliphatic heterocycles. The summed E-state index contributed by atoms with van der Waals surface area (Å²) in [5.74, 6) is -0.914. The van der Waals surface area contributed by atoms with Crippen LogP contribution in [0, 0.1) is 16.7 Å². The van der Waals surface area contributed by atoms with Gasteiger partial charge in [0.15, 0.2) is 0 Å². The second-order valence-electron chi connectivity index (χ2n) is 9.61. The fourth-order valence-corrected chi connectivity index (χ4v) is 6.86. The molecule has 0 amide bonds. The van der Waals surface area contributed by atoms with Crippen molar-refractivity contribution in [2.24, 2.45) is 16.7 Å². The van der Waals surface area contributed by atoms with Gasteiger partial charge in [-0.25, -0.2) is 0 Å². The molecule has 1 spiro atoms. The number of hydrogen-bond donors (Lipinski definition) is 1. The minimum atomic E-state index is -1.18. The van der Waals surface area contributed by atoms with Crippen molar-refractivity contribution in [2.75, 3.05) is 13.2 Å². The van der Waals surface area contributed by atoms with E-state index in [4.69, 9.17) is 18.6 Å². The maximum absolute atomic E-state index is 12.9. The van der Waals surface area contributed by atoms with Gasteiger partial charge in [-0.05, 0) is 44.2 Å². The quantitative estimate of drug-likeness (QED) is 0.608. The number of rotatable bonds is 4. The predicted octanol–water partition coefficient (Wildman–Crippen LogP) is 2.40. The van der Waals surface area contributed by atoms with Crippen molar-refractivity contribution in [1.29, 1.82) is 0 Å². The first kappa shape index (κ1) is 19.1. The van der Waals surface area contributed by atoms with Crippen LogP contribution in [0.3, 0.4) is 0 Å². The van der Waals surface area contributed by atoms with E-state index < -0.39 is 28.1 Å². The predicted molar refractivity (Wildman–Crippen MR) is 99.7 cm³/mol. The van der Waals surface area contributed by atoms with Crippen LogP contribution in [0.25, 0.3) is 0 Å². The molecule has 2 bridgehead atoms. The van der Waals surface area contributed by atoms with E-state index in [1.54, 1.807) is 12.5 Å². The number of esters is 2. The Morgan fingerprint density at radius 3 is 2.79 bits per heavy atom. The van der Waals surface area contributed by atoms with Gasteiger partial charge in [0.2, 0.25) is 0 Å². The first-order valence-corrected chi connectivity index (χ1v) is 10.5. The lowest BCUT2D eigenvalue weighted by Crippen LogP contribution is -2.76. The Morgan fingerprint density at radius 1 is 1.34 bits per heavy atom. The van der Waals surface area contributed by atoms with E-state index in [2.05, 4.69) is 0 Å². The minimum Gasteiger partial charge on any atom is -0.472 e. The van der Waals surface area contributed by atoms with Crippen LogP contribution in [0.1, 0.15) is 51.5 Å². The van der Waals surface area contributed by atoms with Crippen LogP contribution in [-0.4, -0.2) is 47.6 Å². The highest BCUT2D eigenvalue weighted by molar-refractivity contribution is 5.79. The summed E-state index contributed by atoms with van der Waals surface area (Å²) in [5, 5.41) is 12.3. The Kier molecular flexibility index (Phi) is 4.01. The SMILES string of the molecule is CC(=O)O[C@@H]1C[C@@]2(CO2)[C@](O)(CCc2ccoc2)[C@]23CCC[C@](C)(C(=O)OC2)[C@H]13. The summed E-state index contributed by atoms with van der Waals surface area (Å²) in [4.78, 5) is 24.8. The van der Waals surface area contributed by atoms with Gasteiger partial charge >= 0.3 is 11.9 Å². The molecule has 4 fully saturated rings. The van der Waals surface area contributed by atoms with Crippen LogP contribution in [0.15, 0.2) is 23.0 Å². The number of hydrogen-bond acceptors (Lipinski definition) is 7. The van der Waals surface area contributed by atoms with E-state index in [0.717, 1.165) is 12.0 Å². The average molecular weight is 404 g/mol. The molecule has 1 aromatic heterocycles. The van der Waals surface area contributed by atoms with Crippen molar-refractivity contribution in [3.63, 3.8) is 0 Å². The molecule has 7 nitrogen and oxygen atoms in total. The molecule has 4 aliphatic rings. The molecule has 6 atom stereocenters. The molecule has 2 aliphatic carbocycles. The molecule has 3 heterocycles. The number of epoxide rings is 1. The molecule has 158 valence electrons. The molecule has 29 heavy (non-hydrogen) atoms. The van der Waals surface area contributed by atoms with E-state index in [0.29, 0.717) is 38.7 Å². The largest absolute Gasteiger partial charge is 0.472 e. The molecule has 1 aromatic rings. The topological polar surface area (TPSA) is 98.5 Å². The maximum Gasteiger partial charge on any atom is 0.312 e. The Bertz CT molecular complexity index is 828. The summed E-state index contributed by atoms with van der Waals surface area (Å²) in [6.45, 7) is 3.86. The van der Waals surface area contributed by atoms with E-state index in [-0.39, 0.29) is 24.5 Å². The van der Waals surface area contributed by atoms with Crippen molar-refractivity contribution in [2.45, 2.75) is 69.7 Å². The summed E-state index contributed by atoms with van der Waals surface area (Å²) >= 11 is 0. The monoisotopic (exact) mass is 404 g/mol. The average Bonchev–Trinajstić information content (AvgIpc) is 3.24. The van der Waals surface area contributed by atoms with Crippen LogP contribution in [-0.2, 0) is 30.2 Å². The Balaban J connectivity index is 1.60. The van der Waals surface area contributed by atoms with Gasteiger partial charge < -0.3 is 23.7 Å². The van der Waals surface area contributed by atoms with Gasteiger partial charge in [0.1, 0.15) is 23.9 Å². The summed E-state index contributed by atoms with van der Waals surface area (Å²) in [5.41, 5.74) is -2.42. The Labute approximate surface area is 169 Å². The minimum absolute atomic E-state index is 0.136. The van der Waals surface area contributed by atoms with Gasteiger partial charge in [-0.15, -0.1) is 0 Å². The second kappa shape index (κ2) is 6.08. The van der Waals surface area contributed by atoms with E-state index in [9.17, 15) is 14.7 Å². The van der Waals surface area contributed by atoms with Gasteiger partial charge in [0.25, 0.3) is 0 Å². The fourth-order valence-electron chi connectivity index (χ4n) is 6.86. The summed E-state index contributed by atoms with van der Waals surface area (Å²) < 4.78 is 22.6. The molecule has 0 aromatic carbocycles. The van der Waals surface area contributed by atoms with Gasteiger partial charge in [-0.1, -0.05) is 6.42 Å². The van der Waals surface area contributed by atoms with Crippen LogP contribution in [0.2, 0.25) is 0 Å². The Hall–Kier alpha value is -1.86.